The summed E-state index contributed by atoms with van der Waals surface area (Å²) in [6.07, 6.45) is 6.24. The fourth-order valence-electron chi connectivity index (χ4n) is 2.53. The van der Waals surface area contributed by atoms with Gasteiger partial charge in [-0.25, -0.2) is 0 Å². The van der Waals surface area contributed by atoms with Crippen molar-refractivity contribution in [1.82, 2.24) is 4.98 Å². The lowest BCUT2D eigenvalue weighted by molar-refractivity contribution is 0.240. The summed E-state index contributed by atoms with van der Waals surface area (Å²) in [5.74, 6) is 0. The van der Waals surface area contributed by atoms with Crippen LogP contribution >= 0.6 is 0 Å². The van der Waals surface area contributed by atoms with Gasteiger partial charge >= 0.3 is 0 Å². The highest BCUT2D eigenvalue weighted by atomic mass is 16.3. The molecule has 0 spiro atoms. The first-order valence-electron chi connectivity index (χ1n) is 6.85. The fourth-order valence-corrected chi connectivity index (χ4v) is 2.53. The van der Waals surface area contributed by atoms with E-state index in [9.17, 15) is 5.11 Å². The van der Waals surface area contributed by atoms with Gasteiger partial charge in [-0.05, 0) is 37.8 Å². The summed E-state index contributed by atoms with van der Waals surface area (Å²) >= 11 is 0. The maximum atomic E-state index is 9.42. The molecule has 1 aliphatic rings. The average Bonchev–Trinajstić information content (AvgIpc) is 2.46. The van der Waals surface area contributed by atoms with Crippen LogP contribution in [-0.4, -0.2) is 29.3 Å². The third kappa shape index (κ3) is 2.82. The summed E-state index contributed by atoms with van der Waals surface area (Å²) in [5.41, 5.74) is 8.00. The summed E-state index contributed by atoms with van der Waals surface area (Å²) in [6, 6.07) is 4.35. The minimum absolute atomic E-state index is 0.0223. The summed E-state index contributed by atoms with van der Waals surface area (Å²) < 4.78 is 0. The average molecular weight is 249 g/mol. The molecule has 2 atom stereocenters. The minimum Gasteiger partial charge on any atom is -0.394 e. The number of piperidine rings is 1. The Kier molecular flexibility index (Phi) is 4.55. The van der Waals surface area contributed by atoms with Crippen LogP contribution < -0.4 is 10.6 Å². The van der Waals surface area contributed by atoms with E-state index < -0.39 is 0 Å². The molecule has 0 radical (unpaired) electrons. The molecule has 1 fully saturated rings. The first-order chi connectivity index (χ1) is 8.76. The van der Waals surface area contributed by atoms with Gasteiger partial charge in [0, 0.05) is 12.6 Å². The Balaban J connectivity index is 2.12. The lowest BCUT2D eigenvalue weighted by Gasteiger charge is -2.36. The molecule has 0 aliphatic carbocycles. The lowest BCUT2D eigenvalue weighted by atomic mass is 10.0. The highest BCUT2D eigenvalue weighted by molar-refractivity contribution is 5.46. The van der Waals surface area contributed by atoms with Gasteiger partial charge in [0.05, 0.1) is 30.2 Å². The maximum Gasteiger partial charge on any atom is 0.0635 e. The van der Waals surface area contributed by atoms with E-state index in [0.717, 1.165) is 30.8 Å². The Hall–Kier alpha value is -1.13. The lowest BCUT2D eigenvalue weighted by Crippen LogP contribution is -2.42. The highest BCUT2D eigenvalue weighted by Gasteiger charge is 2.22. The number of anilines is 1. The Morgan fingerprint density at radius 2 is 2.33 bits per heavy atom. The molecule has 2 heterocycles. The van der Waals surface area contributed by atoms with E-state index in [1.807, 2.05) is 12.3 Å². The van der Waals surface area contributed by atoms with Crippen molar-refractivity contribution in [3.8, 4) is 0 Å². The second kappa shape index (κ2) is 6.16. The molecule has 4 nitrogen and oxygen atoms in total. The number of aromatic nitrogens is 1. The molecular formula is C14H23N3O. The van der Waals surface area contributed by atoms with Crippen LogP contribution in [0.15, 0.2) is 18.3 Å². The van der Waals surface area contributed by atoms with Crippen LogP contribution in [0, 0.1) is 0 Å². The summed E-state index contributed by atoms with van der Waals surface area (Å²) in [4.78, 5) is 6.71. The number of hydrogen-bond acceptors (Lipinski definition) is 4. The molecule has 1 unspecified atom stereocenters. The summed E-state index contributed by atoms with van der Waals surface area (Å²) in [7, 11) is 0. The molecule has 4 heteroatoms. The number of aliphatic hydroxyl groups is 1. The SMILES string of the molecule is CC[C@H](N)c1ccc(N2CCCCC2CO)cn1. The van der Waals surface area contributed by atoms with Crippen LogP contribution in [0.5, 0.6) is 0 Å². The Morgan fingerprint density at radius 3 is 2.94 bits per heavy atom. The Bertz CT molecular complexity index is 366. The first-order valence-corrected chi connectivity index (χ1v) is 6.85. The molecule has 0 amide bonds. The predicted octanol–water partition coefficient (Wildman–Crippen LogP) is 1.84. The van der Waals surface area contributed by atoms with Crippen LogP contribution in [0.4, 0.5) is 5.69 Å². The molecule has 18 heavy (non-hydrogen) atoms. The van der Waals surface area contributed by atoms with E-state index in [1.165, 1.54) is 12.8 Å². The zero-order valence-corrected chi connectivity index (χ0v) is 11.0. The highest BCUT2D eigenvalue weighted by Crippen LogP contribution is 2.24. The predicted molar refractivity (Wildman–Crippen MR) is 73.5 cm³/mol. The molecular weight excluding hydrogens is 226 g/mol. The monoisotopic (exact) mass is 249 g/mol. The normalized spacial score (nSPS) is 21.9. The Morgan fingerprint density at radius 1 is 1.50 bits per heavy atom. The largest absolute Gasteiger partial charge is 0.394 e. The number of pyridine rings is 1. The van der Waals surface area contributed by atoms with Gasteiger partial charge in [-0.15, -0.1) is 0 Å². The standard InChI is InChI=1S/C14H23N3O/c1-2-13(15)14-7-6-11(9-16-14)17-8-4-3-5-12(17)10-18/h6-7,9,12-13,18H,2-5,8,10,15H2,1H3/t12?,13-/m0/s1. The Labute approximate surface area is 109 Å². The van der Waals surface area contributed by atoms with Gasteiger partial charge in [-0.2, -0.15) is 0 Å². The van der Waals surface area contributed by atoms with Crippen molar-refractivity contribution in [2.24, 2.45) is 5.73 Å². The molecule has 0 aromatic carbocycles. The van der Waals surface area contributed by atoms with Gasteiger partial charge in [-0.3, -0.25) is 4.98 Å². The van der Waals surface area contributed by atoms with E-state index in [2.05, 4.69) is 22.9 Å². The van der Waals surface area contributed by atoms with Gasteiger partial charge in [0.15, 0.2) is 0 Å². The topological polar surface area (TPSA) is 62.4 Å². The van der Waals surface area contributed by atoms with Crippen LogP contribution in [0.3, 0.4) is 0 Å². The summed E-state index contributed by atoms with van der Waals surface area (Å²) in [6.45, 7) is 3.29. The number of nitrogens with zero attached hydrogens (tertiary/aromatic N) is 2. The molecule has 2 rings (SSSR count). The first kappa shape index (κ1) is 13.3. The molecule has 1 saturated heterocycles. The molecule has 1 aliphatic heterocycles. The van der Waals surface area contributed by atoms with Crippen molar-refractivity contribution in [3.05, 3.63) is 24.0 Å². The van der Waals surface area contributed by atoms with E-state index in [0.29, 0.717) is 0 Å². The number of nitrogens with two attached hydrogens (primary N) is 1. The van der Waals surface area contributed by atoms with Gasteiger partial charge in [-0.1, -0.05) is 6.92 Å². The zero-order chi connectivity index (χ0) is 13.0. The van der Waals surface area contributed by atoms with E-state index in [1.54, 1.807) is 0 Å². The molecule has 0 bridgehead atoms. The number of rotatable bonds is 4. The van der Waals surface area contributed by atoms with E-state index in [-0.39, 0.29) is 18.7 Å². The number of aliphatic hydroxyl groups excluding tert-OH is 1. The van der Waals surface area contributed by atoms with Gasteiger partial charge in [0.1, 0.15) is 0 Å². The zero-order valence-electron chi connectivity index (χ0n) is 11.0. The van der Waals surface area contributed by atoms with Crippen LogP contribution in [0.1, 0.15) is 44.3 Å². The third-order valence-corrected chi connectivity index (χ3v) is 3.76. The van der Waals surface area contributed by atoms with Gasteiger partial charge in [0.2, 0.25) is 0 Å². The molecule has 0 saturated carbocycles. The van der Waals surface area contributed by atoms with Crippen molar-refractivity contribution < 1.29 is 5.11 Å². The molecule has 1 aromatic rings. The van der Waals surface area contributed by atoms with E-state index >= 15 is 0 Å². The van der Waals surface area contributed by atoms with Crippen LogP contribution in [-0.2, 0) is 0 Å². The fraction of sp³-hybridized carbons (Fsp3) is 0.643. The molecule has 100 valence electrons. The molecule has 3 N–H and O–H groups in total. The van der Waals surface area contributed by atoms with E-state index in [4.69, 9.17) is 5.73 Å². The number of hydrogen-bond donors (Lipinski definition) is 2. The maximum absolute atomic E-state index is 9.42. The second-order valence-electron chi connectivity index (χ2n) is 4.98. The van der Waals surface area contributed by atoms with Gasteiger partial charge < -0.3 is 15.7 Å². The van der Waals surface area contributed by atoms with Crippen LogP contribution in [0.2, 0.25) is 0 Å². The third-order valence-electron chi connectivity index (χ3n) is 3.76. The second-order valence-corrected chi connectivity index (χ2v) is 4.98. The molecule has 1 aromatic heterocycles. The minimum atomic E-state index is 0.0223. The van der Waals surface area contributed by atoms with Gasteiger partial charge in [0.25, 0.3) is 0 Å². The van der Waals surface area contributed by atoms with Crippen LogP contribution in [0.25, 0.3) is 0 Å². The van der Waals surface area contributed by atoms with Crippen molar-refractivity contribution in [1.29, 1.82) is 0 Å². The van der Waals surface area contributed by atoms with Crippen molar-refractivity contribution >= 4 is 5.69 Å². The van der Waals surface area contributed by atoms with Crippen molar-refractivity contribution in [3.63, 3.8) is 0 Å². The smallest absolute Gasteiger partial charge is 0.0635 e. The van der Waals surface area contributed by atoms with Crippen molar-refractivity contribution in [2.45, 2.75) is 44.7 Å². The quantitative estimate of drug-likeness (QED) is 0.854. The summed E-state index contributed by atoms with van der Waals surface area (Å²) in [5, 5.41) is 9.42. The van der Waals surface area contributed by atoms with Crippen molar-refractivity contribution in [2.75, 3.05) is 18.1 Å².